The number of nitrogens with one attached hydrogen (secondary N) is 2. The fourth-order valence-corrected chi connectivity index (χ4v) is 3.66. The summed E-state index contributed by atoms with van der Waals surface area (Å²) < 4.78 is 5.58. The van der Waals surface area contributed by atoms with Crippen LogP contribution < -0.4 is 10.6 Å². The first-order valence-corrected chi connectivity index (χ1v) is 10.9. The van der Waals surface area contributed by atoms with Crippen molar-refractivity contribution >= 4 is 29.2 Å². The Labute approximate surface area is 193 Å². The molecule has 2 unspecified atom stereocenters. The van der Waals surface area contributed by atoms with E-state index in [1.54, 1.807) is 0 Å². The average molecular weight is 448 g/mol. The van der Waals surface area contributed by atoms with Gasteiger partial charge in [0, 0.05) is 26.4 Å². The zero-order valence-corrected chi connectivity index (χ0v) is 18.9. The number of ether oxygens (including phenoxy) is 1. The van der Waals surface area contributed by atoms with Crippen LogP contribution in [0.3, 0.4) is 0 Å². The van der Waals surface area contributed by atoms with Gasteiger partial charge < -0.3 is 15.4 Å². The van der Waals surface area contributed by atoms with Crippen LogP contribution in [-0.4, -0.2) is 49.2 Å². The van der Waals surface area contributed by atoms with Gasteiger partial charge in [-0.1, -0.05) is 72.8 Å². The maximum Gasteiger partial charge on any atom is 0.412 e. The third kappa shape index (κ3) is 6.55. The molecule has 0 spiro atoms. The third-order valence-corrected chi connectivity index (χ3v) is 5.41. The predicted molar refractivity (Wildman–Crippen MR) is 128 cm³/mol. The fourth-order valence-electron chi connectivity index (χ4n) is 3.66. The second-order valence-corrected chi connectivity index (χ2v) is 7.75. The van der Waals surface area contributed by atoms with Gasteiger partial charge in [0.15, 0.2) is 6.23 Å². The number of carbonyl (C=O) groups is 3. The number of amides is 3. The highest BCUT2D eigenvalue weighted by Crippen LogP contribution is 2.17. The lowest BCUT2D eigenvalue weighted by molar-refractivity contribution is -0.126. The topological polar surface area (TPSA) is 87.7 Å². The molecular weight excluding hydrogens is 418 g/mol. The molecule has 0 aliphatic carbocycles. The molecule has 0 saturated heterocycles. The van der Waals surface area contributed by atoms with Gasteiger partial charge in [0.25, 0.3) is 0 Å². The minimum atomic E-state index is -0.870. The van der Waals surface area contributed by atoms with Crippen LogP contribution in [0.25, 0.3) is 10.8 Å². The molecule has 3 aromatic carbocycles. The summed E-state index contributed by atoms with van der Waals surface area (Å²) >= 11 is 0. The zero-order chi connectivity index (χ0) is 23.6. The van der Waals surface area contributed by atoms with Gasteiger partial charge in [-0.2, -0.15) is 0 Å². The highest BCUT2D eigenvalue weighted by molar-refractivity contribution is 5.86. The molecule has 0 fully saturated rings. The van der Waals surface area contributed by atoms with Gasteiger partial charge in [-0.25, -0.2) is 4.79 Å². The first kappa shape index (κ1) is 23.8. The molecule has 2 N–H and O–H groups in total. The molecule has 0 saturated carbocycles. The first-order chi connectivity index (χ1) is 16.0. The zero-order valence-electron chi connectivity index (χ0n) is 18.9. The monoisotopic (exact) mass is 447 g/mol. The molecule has 0 heterocycles. The summed E-state index contributed by atoms with van der Waals surface area (Å²) in [6.45, 7) is 2.27. The van der Waals surface area contributed by atoms with Gasteiger partial charge >= 0.3 is 6.09 Å². The van der Waals surface area contributed by atoms with Gasteiger partial charge in [-0.15, -0.1) is 0 Å². The van der Waals surface area contributed by atoms with Gasteiger partial charge in [0.2, 0.25) is 12.3 Å². The van der Waals surface area contributed by atoms with Crippen molar-refractivity contribution in [3.63, 3.8) is 0 Å². The van der Waals surface area contributed by atoms with E-state index >= 15 is 0 Å². The number of hydrogen-bond donors (Lipinski definition) is 2. The molecule has 3 amide bonds. The third-order valence-electron chi connectivity index (χ3n) is 5.41. The molecule has 0 radical (unpaired) electrons. The summed E-state index contributed by atoms with van der Waals surface area (Å²) in [5, 5.41) is 7.49. The van der Waals surface area contributed by atoms with Crippen molar-refractivity contribution in [3.05, 3.63) is 83.9 Å². The van der Waals surface area contributed by atoms with Crippen molar-refractivity contribution in [2.75, 3.05) is 13.6 Å². The van der Waals surface area contributed by atoms with Crippen LogP contribution >= 0.6 is 0 Å². The SMILES string of the molecule is CCNC(=O)C(Cc1ccccc1)N(C)C(=O)OC(Cc1ccc2ccccc2c1)NC=O. The molecule has 7 nitrogen and oxygen atoms in total. The Morgan fingerprint density at radius 2 is 1.64 bits per heavy atom. The summed E-state index contributed by atoms with van der Waals surface area (Å²) in [7, 11) is 1.53. The van der Waals surface area contributed by atoms with E-state index in [2.05, 4.69) is 10.6 Å². The molecule has 172 valence electrons. The lowest BCUT2D eigenvalue weighted by Gasteiger charge is -2.28. The molecule has 0 bridgehead atoms. The number of carbonyl (C=O) groups excluding carboxylic acids is 3. The van der Waals surface area contributed by atoms with E-state index in [1.807, 2.05) is 79.7 Å². The van der Waals surface area contributed by atoms with Crippen LogP contribution in [0.5, 0.6) is 0 Å². The van der Waals surface area contributed by atoms with Crippen molar-refractivity contribution < 1.29 is 19.1 Å². The van der Waals surface area contributed by atoms with Crippen molar-refractivity contribution in [1.82, 2.24) is 15.5 Å². The Balaban J connectivity index is 1.73. The Morgan fingerprint density at radius 3 is 2.33 bits per heavy atom. The lowest BCUT2D eigenvalue weighted by atomic mass is 10.0. The van der Waals surface area contributed by atoms with Gasteiger partial charge in [0.05, 0.1) is 0 Å². The second kappa shape index (κ2) is 11.7. The minimum absolute atomic E-state index is 0.268. The number of benzene rings is 3. The quantitative estimate of drug-likeness (QED) is 0.369. The highest BCUT2D eigenvalue weighted by atomic mass is 16.6. The van der Waals surface area contributed by atoms with Crippen molar-refractivity contribution in [2.45, 2.75) is 32.0 Å². The Bertz CT molecular complexity index is 1090. The van der Waals surface area contributed by atoms with Crippen molar-refractivity contribution in [1.29, 1.82) is 0 Å². The Kier molecular flexibility index (Phi) is 8.41. The molecule has 2 atom stereocenters. The first-order valence-electron chi connectivity index (χ1n) is 10.9. The van der Waals surface area contributed by atoms with Gasteiger partial charge in [-0.05, 0) is 28.8 Å². The van der Waals surface area contributed by atoms with Crippen LogP contribution in [0, 0.1) is 0 Å². The van der Waals surface area contributed by atoms with Gasteiger partial charge in [0.1, 0.15) is 6.04 Å². The average Bonchev–Trinajstić information content (AvgIpc) is 2.83. The normalized spacial score (nSPS) is 12.4. The number of hydrogen-bond acceptors (Lipinski definition) is 4. The summed E-state index contributed by atoms with van der Waals surface area (Å²) in [5.41, 5.74) is 1.83. The summed E-state index contributed by atoms with van der Waals surface area (Å²) in [4.78, 5) is 38.1. The van der Waals surface area contributed by atoms with Crippen LogP contribution in [-0.2, 0) is 27.2 Å². The largest absolute Gasteiger partial charge is 0.425 e. The molecule has 3 rings (SSSR count). The van der Waals surface area contributed by atoms with E-state index in [1.165, 1.54) is 11.9 Å². The Morgan fingerprint density at radius 1 is 0.939 bits per heavy atom. The fraction of sp³-hybridized carbons (Fsp3) is 0.269. The Hall–Kier alpha value is -3.87. The molecule has 0 aromatic heterocycles. The summed E-state index contributed by atoms with van der Waals surface area (Å²) in [5.74, 6) is -0.268. The number of rotatable bonds is 10. The molecule has 33 heavy (non-hydrogen) atoms. The van der Waals surface area contributed by atoms with E-state index in [0.29, 0.717) is 25.8 Å². The maximum absolute atomic E-state index is 12.9. The number of likely N-dealkylation sites (N-methyl/N-ethyl adjacent to an activating group) is 2. The maximum atomic E-state index is 12.9. The van der Waals surface area contributed by atoms with Crippen LogP contribution in [0.1, 0.15) is 18.1 Å². The van der Waals surface area contributed by atoms with E-state index in [-0.39, 0.29) is 5.91 Å². The smallest absolute Gasteiger partial charge is 0.412 e. The summed E-state index contributed by atoms with van der Waals surface area (Å²) in [6.07, 6.45) is -0.417. The van der Waals surface area contributed by atoms with Crippen LogP contribution in [0.15, 0.2) is 72.8 Å². The number of nitrogens with zero attached hydrogens (tertiary/aromatic N) is 1. The predicted octanol–water partition coefficient (Wildman–Crippen LogP) is 3.27. The van der Waals surface area contributed by atoms with E-state index in [4.69, 9.17) is 4.74 Å². The number of fused-ring (bicyclic) bond motifs is 1. The van der Waals surface area contributed by atoms with Crippen molar-refractivity contribution in [3.8, 4) is 0 Å². The second-order valence-electron chi connectivity index (χ2n) is 7.75. The molecule has 3 aromatic rings. The van der Waals surface area contributed by atoms with Crippen LogP contribution in [0.4, 0.5) is 4.79 Å². The molecular formula is C26H29N3O4. The van der Waals surface area contributed by atoms with E-state index in [9.17, 15) is 14.4 Å². The lowest BCUT2D eigenvalue weighted by Crippen LogP contribution is -2.50. The van der Waals surface area contributed by atoms with E-state index < -0.39 is 18.4 Å². The van der Waals surface area contributed by atoms with Gasteiger partial charge in [-0.3, -0.25) is 14.5 Å². The minimum Gasteiger partial charge on any atom is -0.425 e. The highest BCUT2D eigenvalue weighted by Gasteiger charge is 2.29. The molecule has 0 aliphatic rings. The van der Waals surface area contributed by atoms with Crippen LogP contribution in [0.2, 0.25) is 0 Å². The molecule has 0 aliphatic heterocycles. The summed E-state index contributed by atoms with van der Waals surface area (Å²) in [6, 6.07) is 22.6. The van der Waals surface area contributed by atoms with Crippen molar-refractivity contribution in [2.24, 2.45) is 0 Å². The van der Waals surface area contributed by atoms with E-state index in [0.717, 1.165) is 21.9 Å². The standard InChI is InChI=1S/C26H29N3O4/c1-3-27-25(31)23(16-19-9-5-4-6-10-19)29(2)26(32)33-24(28-18-30)17-20-13-14-21-11-7-8-12-22(21)15-20/h4-15,18,23-24H,3,16-17H2,1-2H3,(H,27,31)(H,28,30). The molecule has 7 heteroatoms.